The van der Waals surface area contributed by atoms with Crippen LogP contribution in [0.3, 0.4) is 0 Å². The Labute approximate surface area is 170 Å². The van der Waals surface area contributed by atoms with Crippen molar-refractivity contribution in [2.24, 2.45) is 0 Å². The Hall–Kier alpha value is -2.88. The Balaban J connectivity index is 1.57. The van der Waals surface area contributed by atoms with Crippen molar-refractivity contribution in [2.75, 3.05) is 26.2 Å². The summed E-state index contributed by atoms with van der Waals surface area (Å²) in [5.41, 5.74) is 0.774. The number of carbonyl (C=O) groups is 3. The zero-order valence-corrected chi connectivity index (χ0v) is 16.5. The first-order valence-corrected chi connectivity index (χ1v) is 10.5. The maximum absolute atomic E-state index is 13.4. The van der Waals surface area contributed by atoms with Gasteiger partial charge in [-0.3, -0.25) is 14.4 Å². The second kappa shape index (κ2) is 8.24. The van der Waals surface area contributed by atoms with E-state index in [-0.39, 0.29) is 17.7 Å². The van der Waals surface area contributed by atoms with Gasteiger partial charge in [0.05, 0.1) is 17.2 Å². The first kappa shape index (κ1) is 19.4. The lowest BCUT2D eigenvalue weighted by atomic mass is 10.0. The van der Waals surface area contributed by atoms with Crippen LogP contribution in [0.2, 0.25) is 0 Å². The van der Waals surface area contributed by atoms with Crippen molar-refractivity contribution in [1.29, 1.82) is 5.26 Å². The monoisotopic (exact) mass is 394 g/mol. The van der Waals surface area contributed by atoms with Crippen molar-refractivity contribution in [3.8, 4) is 6.07 Å². The van der Waals surface area contributed by atoms with Crippen molar-refractivity contribution in [3.05, 3.63) is 35.4 Å². The molecule has 3 fully saturated rings. The van der Waals surface area contributed by atoms with Gasteiger partial charge in [0, 0.05) is 26.2 Å². The molecule has 0 aromatic heterocycles. The molecule has 29 heavy (non-hydrogen) atoms. The van der Waals surface area contributed by atoms with E-state index in [1.165, 1.54) is 0 Å². The van der Waals surface area contributed by atoms with Crippen molar-refractivity contribution in [3.63, 3.8) is 0 Å². The highest BCUT2D eigenvalue weighted by molar-refractivity contribution is 6.08. The number of nitriles is 1. The van der Waals surface area contributed by atoms with Crippen LogP contribution < -0.4 is 0 Å². The van der Waals surface area contributed by atoms with Gasteiger partial charge < -0.3 is 14.7 Å². The number of rotatable bonds is 3. The molecule has 0 saturated carbocycles. The zero-order chi connectivity index (χ0) is 20.4. The molecule has 152 valence electrons. The fraction of sp³-hybridized carbons (Fsp3) is 0.545. The van der Waals surface area contributed by atoms with Crippen LogP contribution in [0.15, 0.2) is 24.3 Å². The van der Waals surface area contributed by atoms with Gasteiger partial charge in [-0.1, -0.05) is 12.1 Å². The SMILES string of the molecule is N#C[C@@H]1CCCN1C(=O)[C@@H]1CCCN1C(=O)c1ccccc1C(=O)N1CCCC1. The molecular formula is C22H26N4O3. The quantitative estimate of drug-likeness (QED) is 0.785. The summed E-state index contributed by atoms with van der Waals surface area (Å²) < 4.78 is 0. The normalized spacial score (nSPS) is 24.0. The molecule has 0 bridgehead atoms. The molecule has 0 radical (unpaired) electrons. The maximum Gasteiger partial charge on any atom is 0.255 e. The number of hydrogen-bond donors (Lipinski definition) is 0. The van der Waals surface area contributed by atoms with Crippen molar-refractivity contribution in [1.82, 2.24) is 14.7 Å². The Morgan fingerprint density at radius 2 is 1.45 bits per heavy atom. The van der Waals surface area contributed by atoms with Gasteiger partial charge in [-0.05, 0) is 50.7 Å². The Morgan fingerprint density at radius 3 is 2.14 bits per heavy atom. The van der Waals surface area contributed by atoms with E-state index in [2.05, 4.69) is 6.07 Å². The Kier molecular flexibility index (Phi) is 5.52. The highest BCUT2D eigenvalue weighted by Gasteiger charge is 2.41. The standard InChI is InChI=1S/C22H26N4O3/c23-15-16-7-5-13-25(16)22(29)19-10-6-14-26(19)21(28)18-9-2-1-8-17(18)20(27)24-11-3-4-12-24/h1-2,8-9,16,19H,3-7,10-14H2/t16-,19-/m0/s1. The number of likely N-dealkylation sites (tertiary alicyclic amines) is 3. The largest absolute Gasteiger partial charge is 0.339 e. The minimum Gasteiger partial charge on any atom is -0.339 e. The fourth-order valence-electron chi connectivity index (χ4n) is 4.72. The van der Waals surface area contributed by atoms with Gasteiger partial charge in [-0.2, -0.15) is 5.26 Å². The lowest BCUT2D eigenvalue weighted by Crippen LogP contribution is -2.49. The molecule has 0 spiro atoms. The summed E-state index contributed by atoms with van der Waals surface area (Å²) in [5, 5.41) is 9.32. The van der Waals surface area contributed by atoms with Crippen molar-refractivity contribution >= 4 is 17.7 Å². The summed E-state index contributed by atoms with van der Waals surface area (Å²) in [6, 6.07) is 8.16. The molecule has 4 rings (SSSR count). The van der Waals surface area contributed by atoms with E-state index >= 15 is 0 Å². The highest BCUT2D eigenvalue weighted by atomic mass is 16.2. The van der Waals surface area contributed by atoms with Crippen LogP contribution in [-0.2, 0) is 4.79 Å². The summed E-state index contributed by atoms with van der Waals surface area (Å²) in [7, 11) is 0. The number of amides is 3. The van der Waals surface area contributed by atoms with Crippen LogP contribution in [-0.4, -0.2) is 70.7 Å². The van der Waals surface area contributed by atoms with Gasteiger partial charge in [0.15, 0.2) is 0 Å². The van der Waals surface area contributed by atoms with Gasteiger partial charge in [0.1, 0.15) is 12.1 Å². The van der Waals surface area contributed by atoms with Gasteiger partial charge in [-0.15, -0.1) is 0 Å². The summed E-state index contributed by atoms with van der Waals surface area (Å²) in [4.78, 5) is 44.4. The summed E-state index contributed by atoms with van der Waals surface area (Å²) in [6.45, 7) is 2.50. The number of nitrogens with zero attached hydrogens (tertiary/aromatic N) is 4. The van der Waals surface area contributed by atoms with Crippen LogP contribution in [0, 0.1) is 11.3 Å². The molecule has 7 heteroatoms. The molecule has 0 aliphatic carbocycles. The van der Waals surface area contributed by atoms with Gasteiger partial charge >= 0.3 is 0 Å². The third kappa shape index (κ3) is 3.59. The van der Waals surface area contributed by atoms with Crippen LogP contribution in [0.1, 0.15) is 59.2 Å². The van der Waals surface area contributed by atoms with E-state index < -0.39 is 12.1 Å². The molecule has 0 unspecified atom stereocenters. The summed E-state index contributed by atoms with van der Waals surface area (Å²) in [5.74, 6) is -0.516. The minimum absolute atomic E-state index is 0.113. The molecule has 3 aliphatic heterocycles. The predicted molar refractivity (Wildman–Crippen MR) is 106 cm³/mol. The predicted octanol–water partition coefficient (Wildman–Crippen LogP) is 2.04. The van der Waals surface area contributed by atoms with Gasteiger partial charge in [0.2, 0.25) is 5.91 Å². The molecule has 3 aliphatic rings. The number of hydrogen-bond acceptors (Lipinski definition) is 4. The second-order valence-electron chi connectivity index (χ2n) is 8.02. The summed E-state index contributed by atoms with van der Waals surface area (Å²) in [6.07, 6.45) is 4.83. The lowest BCUT2D eigenvalue weighted by Gasteiger charge is -2.30. The lowest BCUT2D eigenvalue weighted by molar-refractivity contribution is -0.135. The molecule has 1 aromatic rings. The molecule has 0 N–H and O–H groups in total. The maximum atomic E-state index is 13.4. The number of carbonyl (C=O) groups excluding carboxylic acids is 3. The van der Waals surface area contributed by atoms with E-state index in [4.69, 9.17) is 0 Å². The smallest absolute Gasteiger partial charge is 0.255 e. The molecule has 2 atom stereocenters. The summed E-state index contributed by atoms with van der Waals surface area (Å²) >= 11 is 0. The Bertz CT molecular complexity index is 856. The van der Waals surface area contributed by atoms with Gasteiger partial charge in [-0.25, -0.2) is 0 Å². The minimum atomic E-state index is -0.550. The molecule has 3 amide bonds. The average molecular weight is 394 g/mol. The first-order chi connectivity index (χ1) is 14.1. The number of benzene rings is 1. The van der Waals surface area contributed by atoms with Crippen LogP contribution in [0.4, 0.5) is 0 Å². The third-order valence-corrected chi connectivity index (χ3v) is 6.26. The molecule has 3 saturated heterocycles. The van der Waals surface area contributed by atoms with E-state index in [1.54, 1.807) is 39.0 Å². The van der Waals surface area contributed by atoms with E-state index in [0.29, 0.717) is 37.1 Å². The third-order valence-electron chi connectivity index (χ3n) is 6.26. The van der Waals surface area contributed by atoms with Crippen LogP contribution in [0.25, 0.3) is 0 Å². The second-order valence-corrected chi connectivity index (χ2v) is 8.02. The van der Waals surface area contributed by atoms with Gasteiger partial charge in [0.25, 0.3) is 11.8 Å². The first-order valence-electron chi connectivity index (χ1n) is 10.5. The molecular weight excluding hydrogens is 368 g/mol. The van der Waals surface area contributed by atoms with Crippen LogP contribution in [0.5, 0.6) is 0 Å². The highest BCUT2D eigenvalue weighted by Crippen LogP contribution is 2.27. The van der Waals surface area contributed by atoms with Crippen LogP contribution >= 0.6 is 0 Å². The van der Waals surface area contributed by atoms with E-state index in [0.717, 1.165) is 38.8 Å². The van der Waals surface area contributed by atoms with Crippen molar-refractivity contribution < 1.29 is 14.4 Å². The van der Waals surface area contributed by atoms with Crippen molar-refractivity contribution in [2.45, 2.75) is 50.6 Å². The Morgan fingerprint density at radius 1 is 0.828 bits per heavy atom. The van der Waals surface area contributed by atoms with E-state index in [9.17, 15) is 19.6 Å². The van der Waals surface area contributed by atoms with E-state index in [1.807, 2.05) is 0 Å². The molecule has 3 heterocycles. The fourth-order valence-corrected chi connectivity index (χ4v) is 4.72. The molecule has 7 nitrogen and oxygen atoms in total. The molecule has 1 aromatic carbocycles. The topological polar surface area (TPSA) is 84.7 Å². The average Bonchev–Trinajstić information content (AvgIpc) is 3.52. The zero-order valence-electron chi connectivity index (χ0n) is 16.5.